The van der Waals surface area contributed by atoms with E-state index >= 15 is 0 Å². The van der Waals surface area contributed by atoms with E-state index in [-0.39, 0.29) is 12.5 Å². The second kappa shape index (κ2) is 7.24. The molecule has 2 unspecified atom stereocenters. The van der Waals surface area contributed by atoms with E-state index in [1.165, 1.54) is 0 Å². The van der Waals surface area contributed by atoms with E-state index in [1.54, 1.807) is 13.8 Å². The van der Waals surface area contributed by atoms with Crippen molar-refractivity contribution in [1.29, 1.82) is 5.26 Å². The van der Waals surface area contributed by atoms with Crippen molar-refractivity contribution >= 4 is 12.8 Å². The molecule has 1 aliphatic carbocycles. The number of rotatable bonds is 6. The van der Waals surface area contributed by atoms with Gasteiger partial charge in [-0.15, -0.1) is 0 Å². The molecule has 0 aromatic heterocycles. The fraction of sp³-hybridized carbons (Fsp3) is 0.471. The van der Waals surface area contributed by atoms with Crippen molar-refractivity contribution in [3.63, 3.8) is 0 Å². The molecule has 0 aliphatic heterocycles. The van der Waals surface area contributed by atoms with Crippen LogP contribution in [0.1, 0.15) is 39.5 Å². The van der Waals surface area contributed by atoms with Crippen LogP contribution in [0.4, 0.5) is 0 Å². The molecule has 118 valence electrons. The minimum absolute atomic E-state index is 0.133. The minimum Gasteiger partial charge on any atom is -0.307 e. The summed E-state index contributed by atoms with van der Waals surface area (Å²) >= 11 is 0. The van der Waals surface area contributed by atoms with E-state index in [4.69, 9.17) is 9.79 Å². The molecule has 22 heavy (non-hydrogen) atoms. The highest BCUT2D eigenvalue weighted by atomic mass is 31.2. The van der Waals surface area contributed by atoms with Gasteiger partial charge in [-0.2, -0.15) is 5.26 Å². The zero-order valence-electron chi connectivity index (χ0n) is 13.2. The van der Waals surface area contributed by atoms with Crippen LogP contribution in [0.25, 0.3) is 0 Å². The third-order valence-corrected chi connectivity index (χ3v) is 6.03. The average molecular weight is 318 g/mol. The lowest BCUT2D eigenvalue weighted by molar-refractivity contribution is 0.117. The Labute approximate surface area is 132 Å². The number of hydrogen-bond donors (Lipinski definition) is 1. The van der Waals surface area contributed by atoms with Gasteiger partial charge in [0.15, 0.2) is 0 Å². The van der Waals surface area contributed by atoms with Crippen molar-refractivity contribution in [3.05, 3.63) is 42.5 Å². The maximum absolute atomic E-state index is 13.5. The lowest BCUT2D eigenvalue weighted by Gasteiger charge is -2.32. The lowest BCUT2D eigenvalue weighted by atomic mass is 10.0. The van der Waals surface area contributed by atoms with Gasteiger partial charge < -0.3 is 4.52 Å². The third-order valence-electron chi connectivity index (χ3n) is 3.60. The molecule has 5 heteroatoms. The van der Waals surface area contributed by atoms with Gasteiger partial charge in [-0.05, 0) is 45.2 Å². The molecular weight excluding hydrogens is 295 g/mol. The smallest absolute Gasteiger partial charge is 0.300 e. The van der Waals surface area contributed by atoms with E-state index in [2.05, 4.69) is 23.3 Å². The summed E-state index contributed by atoms with van der Waals surface area (Å²) in [5.74, 6) is 0. The highest BCUT2D eigenvalue weighted by Crippen LogP contribution is 2.47. The summed E-state index contributed by atoms with van der Waals surface area (Å²) in [7, 11) is -3.23. The summed E-state index contributed by atoms with van der Waals surface area (Å²) in [6.07, 6.45) is 7.21. The predicted molar refractivity (Wildman–Crippen MR) is 89.0 cm³/mol. The summed E-state index contributed by atoms with van der Waals surface area (Å²) in [6.45, 7) is 3.60. The molecule has 1 aromatic carbocycles. The lowest BCUT2D eigenvalue weighted by Crippen LogP contribution is -2.36. The molecule has 2 rings (SSSR count). The van der Waals surface area contributed by atoms with E-state index in [0.717, 1.165) is 19.3 Å². The van der Waals surface area contributed by atoms with Gasteiger partial charge in [0, 0.05) is 6.04 Å². The standard InChI is InChI=1S/C17H23N2O2P/c1-17(2,13-14-18)21-22(20,16-11-7-4-8-12-16)19-15-9-5-3-6-10-15/h3-5,7-8,11-12,15H,6,9-10,13H2,1-2H3,(H,19,20). The highest BCUT2D eigenvalue weighted by molar-refractivity contribution is 7.65. The van der Waals surface area contributed by atoms with Crippen molar-refractivity contribution < 1.29 is 9.09 Å². The van der Waals surface area contributed by atoms with Crippen LogP contribution in [0.15, 0.2) is 42.5 Å². The van der Waals surface area contributed by atoms with Crippen LogP contribution in [0, 0.1) is 11.3 Å². The second-order valence-electron chi connectivity index (χ2n) is 6.18. The Hall–Kier alpha value is -1.40. The average Bonchev–Trinajstić information content (AvgIpc) is 2.48. The summed E-state index contributed by atoms with van der Waals surface area (Å²) in [5.41, 5.74) is -0.766. The fourth-order valence-corrected chi connectivity index (χ4v) is 4.85. The Morgan fingerprint density at radius 3 is 2.68 bits per heavy atom. The van der Waals surface area contributed by atoms with E-state index in [1.807, 2.05) is 30.3 Å². The minimum atomic E-state index is -3.23. The first-order chi connectivity index (χ1) is 10.5. The molecule has 0 spiro atoms. The van der Waals surface area contributed by atoms with Gasteiger partial charge in [0.1, 0.15) is 0 Å². The van der Waals surface area contributed by atoms with Gasteiger partial charge >= 0.3 is 7.52 Å². The number of nitrogens with one attached hydrogen (secondary N) is 1. The van der Waals surface area contributed by atoms with Crippen LogP contribution >= 0.6 is 7.52 Å². The maximum atomic E-state index is 13.5. The molecule has 4 nitrogen and oxygen atoms in total. The Bertz CT molecular complexity index is 605. The highest BCUT2D eigenvalue weighted by Gasteiger charge is 2.35. The summed E-state index contributed by atoms with van der Waals surface area (Å²) in [4.78, 5) is 0. The number of allylic oxidation sites excluding steroid dienone is 1. The fourth-order valence-electron chi connectivity index (χ4n) is 2.50. The Morgan fingerprint density at radius 1 is 1.36 bits per heavy atom. The molecule has 2 atom stereocenters. The molecular formula is C17H23N2O2P. The molecule has 0 bridgehead atoms. The molecule has 1 N–H and O–H groups in total. The van der Waals surface area contributed by atoms with Gasteiger partial charge in [-0.3, -0.25) is 4.57 Å². The summed E-state index contributed by atoms with van der Waals surface area (Å²) in [6, 6.07) is 11.5. The SMILES string of the molecule is CC(C)(CC#N)OP(=O)(NC1CC=CCC1)c1ccccc1. The van der Waals surface area contributed by atoms with Crippen LogP contribution in [0.2, 0.25) is 0 Å². The zero-order valence-corrected chi connectivity index (χ0v) is 14.1. The monoisotopic (exact) mass is 318 g/mol. The molecule has 0 amide bonds. The van der Waals surface area contributed by atoms with E-state index in [0.29, 0.717) is 5.30 Å². The third kappa shape index (κ3) is 4.55. The normalized spacial score (nSPS) is 21.0. The predicted octanol–water partition coefficient (Wildman–Crippen LogP) is 3.91. The van der Waals surface area contributed by atoms with E-state index < -0.39 is 13.1 Å². The van der Waals surface area contributed by atoms with Crippen LogP contribution in [-0.4, -0.2) is 11.6 Å². The van der Waals surface area contributed by atoms with Crippen molar-refractivity contribution in [2.24, 2.45) is 0 Å². The first kappa shape index (κ1) is 17.0. The molecule has 1 aliphatic rings. The number of nitriles is 1. The molecule has 0 saturated heterocycles. The molecule has 0 heterocycles. The van der Waals surface area contributed by atoms with Gasteiger partial charge in [0.2, 0.25) is 0 Å². The number of hydrogen-bond acceptors (Lipinski definition) is 3. The quantitative estimate of drug-likeness (QED) is 0.638. The Balaban J connectivity index is 2.26. The Kier molecular flexibility index (Phi) is 5.58. The summed E-state index contributed by atoms with van der Waals surface area (Å²) in [5, 5.41) is 12.8. The molecule has 0 radical (unpaired) electrons. The van der Waals surface area contributed by atoms with Gasteiger partial charge in [0.05, 0.1) is 23.4 Å². The first-order valence-electron chi connectivity index (χ1n) is 7.61. The molecule has 0 fully saturated rings. The van der Waals surface area contributed by atoms with Crippen molar-refractivity contribution in [2.45, 2.75) is 51.2 Å². The number of benzene rings is 1. The number of nitrogens with zero attached hydrogens (tertiary/aromatic N) is 1. The second-order valence-corrected chi connectivity index (χ2v) is 8.24. The van der Waals surface area contributed by atoms with Crippen LogP contribution in [0.3, 0.4) is 0 Å². The van der Waals surface area contributed by atoms with Crippen molar-refractivity contribution in [2.75, 3.05) is 0 Å². The Morgan fingerprint density at radius 2 is 2.09 bits per heavy atom. The maximum Gasteiger partial charge on any atom is 0.300 e. The van der Waals surface area contributed by atoms with Crippen LogP contribution in [0.5, 0.6) is 0 Å². The van der Waals surface area contributed by atoms with Gasteiger partial charge in [0.25, 0.3) is 0 Å². The van der Waals surface area contributed by atoms with Crippen LogP contribution < -0.4 is 10.4 Å². The van der Waals surface area contributed by atoms with E-state index in [9.17, 15) is 4.57 Å². The van der Waals surface area contributed by atoms with Gasteiger partial charge in [-0.1, -0.05) is 30.4 Å². The molecule has 1 aromatic rings. The zero-order chi connectivity index (χ0) is 16.1. The topological polar surface area (TPSA) is 62.1 Å². The first-order valence-corrected chi connectivity index (χ1v) is 9.24. The van der Waals surface area contributed by atoms with Gasteiger partial charge in [-0.25, -0.2) is 5.09 Å². The largest absolute Gasteiger partial charge is 0.307 e. The summed E-state index contributed by atoms with van der Waals surface area (Å²) < 4.78 is 19.5. The molecule has 0 saturated carbocycles. The van der Waals surface area contributed by atoms with Crippen molar-refractivity contribution in [1.82, 2.24) is 5.09 Å². The van der Waals surface area contributed by atoms with Crippen LogP contribution in [-0.2, 0) is 9.09 Å². The van der Waals surface area contributed by atoms with Crippen molar-refractivity contribution in [3.8, 4) is 6.07 Å².